The molecule has 1 aromatic heterocycles. The summed E-state index contributed by atoms with van der Waals surface area (Å²) in [6.45, 7) is 0. The molecule has 1 fully saturated rings. The maximum absolute atomic E-state index is 9.58. The summed E-state index contributed by atoms with van der Waals surface area (Å²) in [6.07, 6.45) is 3.55. The molecule has 20 heavy (non-hydrogen) atoms. The average molecular weight is 272 g/mol. The maximum Gasteiger partial charge on any atom is 0.224 e. The van der Waals surface area contributed by atoms with Crippen LogP contribution in [0.4, 0.5) is 11.8 Å². The predicted octanol–water partition coefficient (Wildman–Crippen LogP) is 2.39. The first-order chi connectivity index (χ1) is 9.76. The minimum absolute atomic E-state index is 0.136. The van der Waals surface area contributed by atoms with Crippen LogP contribution < -0.4 is 10.6 Å². The minimum atomic E-state index is -0.136. The van der Waals surface area contributed by atoms with Gasteiger partial charge in [-0.25, -0.2) is 4.98 Å². The second-order valence-electron chi connectivity index (χ2n) is 5.31. The van der Waals surface area contributed by atoms with Crippen LogP contribution in [0.5, 0.6) is 0 Å². The highest BCUT2D eigenvalue weighted by Gasteiger charge is 2.20. The van der Waals surface area contributed by atoms with Gasteiger partial charge in [-0.05, 0) is 37.8 Å². The summed E-state index contributed by atoms with van der Waals surface area (Å²) in [6, 6.07) is 8.39. The van der Waals surface area contributed by atoms with Crippen molar-refractivity contribution in [1.29, 1.82) is 0 Å². The molecular weight excluding hydrogens is 252 g/mol. The number of nitrogens with one attached hydrogen (secondary N) is 2. The Hall–Kier alpha value is -1.88. The Kier molecular flexibility index (Phi) is 3.69. The first kappa shape index (κ1) is 13.1. The van der Waals surface area contributed by atoms with E-state index in [1.807, 2.05) is 31.3 Å². The number of hydrogen-bond donors (Lipinski definition) is 3. The maximum atomic E-state index is 9.58. The largest absolute Gasteiger partial charge is 0.393 e. The lowest BCUT2D eigenvalue weighted by molar-refractivity contribution is 0.126. The third-order valence-corrected chi connectivity index (χ3v) is 3.86. The van der Waals surface area contributed by atoms with E-state index in [-0.39, 0.29) is 6.10 Å². The monoisotopic (exact) mass is 272 g/mol. The fourth-order valence-corrected chi connectivity index (χ4v) is 2.71. The molecule has 2 aromatic rings. The fraction of sp³-hybridized carbons (Fsp3) is 0.467. The molecule has 0 bridgehead atoms. The number of rotatable bonds is 3. The molecule has 0 radical (unpaired) electrons. The molecular formula is C15H20N4O. The minimum Gasteiger partial charge on any atom is -0.393 e. The number of fused-ring (bicyclic) bond motifs is 1. The Bertz CT molecular complexity index is 593. The Balaban J connectivity index is 1.89. The normalized spacial score (nSPS) is 22.7. The van der Waals surface area contributed by atoms with Crippen molar-refractivity contribution in [3.63, 3.8) is 0 Å². The second-order valence-corrected chi connectivity index (χ2v) is 5.31. The van der Waals surface area contributed by atoms with Gasteiger partial charge in [0.2, 0.25) is 5.95 Å². The molecule has 106 valence electrons. The zero-order chi connectivity index (χ0) is 13.9. The summed E-state index contributed by atoms with van der Waals surface area (Å²) in [5.41, 5.74) is 0.935. The van der Waals surface area contributed by atoms with E-state index in [2.05, 4.69) is 20.6 Å². The average Bonchev–Trinajstić information content (AvgIpc) is 2.49. The first-order valence-corrected chi connectivity index (χ1v) is 7.15. The number of aliphatic hydroxyl groups excluding tert-OH is 1. The van der Waals surface area contributed by atoms with Gasteiger partial charge in [0.05, 0.1) is 11.6 Å². The molecule has 3 N–H and O–H groups in total. The van der Waals surface area contributed by atoms with Gasteiger partial charge in [-0.15, -0.1) is 0 Å². The number of nitrogens with zero attached hydrogens (tertiary/aromatic N) is 2. The first-order valence-electron chi connectivity index (χ1n) is 7.15. The van der Waals surface area contributed by atoms with Crippen LogP contribution in [0.2, 0.25) is 0 Å². The van der Waals surface area contributed by atoms with Crippen molar-refractivity contribution >= 4 is 22.7 Å². The molecule has 5 heteroatoms. The summed E-state index contributed by atoms with van der Waals surface area (Å²) < 4.78 is 0. The Morgan fingerprint density at radius 1 is 1.10 bits per heavy atom. The molecule has 0 spiro atoms. The van der Waals surface area contributed by atoms with Gasteiger partial charge < -0.3 is 15.7 Å². The van der Waals surface area contributed by atoms with Crippen molar-refractivity contribution in [2.75, 3.05) is 17.7 Å². The summed E-state index contributed by atoms with van der Waals surface area (Å²) in [5.74, 6) is 1.50. The number of aliphatic hydroxyl groups is 1. The zero-order valence-electron chi connectivity index (χ0n) is 11.6. The van der Waals surface area contributed by atoms with E-state index in [0.29, 0.717) is 12.0 Å². The van der Waals surface area contributed by atoms with Crippen LogP contribution in [0.15, 0.2) is 24.3 Å². The van der Waals surface area contributed by atoms with Gasteiger partial charge >= 0.3 is 0 Å². The number of aromatic nitrogens is 2. The standard InChI is InChI=1S/C15H20N4O/c1-16-15-18-13-5-3-2-4-12(13)14(19-15)17-10-6-8-11(20)9-7-10/h2-5,10-11,20H,6-9H2,1H3,(H2,16,17,18,19). The molecule has 0 saturated heterocycles. The van der Waals surface area contributed by atoms with Gasteiger partial charge in [-0.3, -0.25) is 0 Å². The number of benzene rings is 1. The fourth-order valence-electron chi connectivity index (χ4n) is 2.71. The van der Waals surface area contributed by atoms with Crippen molar-refractivity contribution in [2.24, 2.45) is 0 Å². The van der Waals surface area contributed by atoms with Crippen molar-refractivity contribution < 1.29 is 5.11 Å². The van der Waals surface area contributed by atoms with Gasteiger partial charge in [-0.1, -0.05) is 12.1 Å². The van der Waals surface area contributed by atoms with Crippen molar-refractivity contribution in [3.05, 3.63) is 24.3 Å². The lowest BCUT2D eigenvalue weighted by Gasteiger charge is -2.27. The van der Waals surface area contributed by atoms with E-state index in [0.717, 1.165) is 42.4 Å². The second kappa shape index (κ2) is 5.63. The lowest BCUT2D eigenvalue weighted by atomic mass is 9.93. The number of hydrogen-bond acceptors (Lipinski definition) is 5. The van der Waals surface area contributed by atoms with E-state index in [1.165, 1.54) is 0 Å². The smallest absolute Gasteiger partial charge is 0.224 e. The van der Waals surface area contributed by atoms with E-state index >= 15 is 0 Å². The molecule has 1 saturated carbocycles. The molecule has 0 amide bonds. The van der Waals surface area contributed by atoms with Gasteiger partial charge in [0.1, 0.15) is 5.82 Å². The Morgan fingerprint density at radius 3 is 2.60 bits per heavy atom. The van der Waals surface area contributed by atoms with Crippen LogP contribution in [0.25, 0.3) is 10.9 Å². The molecule has 0 aliphatic heterocycles. The third kappa shape index (κ3) is 2.67. The topological polar surface area (TPSA) is 70.1 Å². The zero-order valence-corrected chi connectivity index (χ0v) is 11.6. The van der Waals surface area contributed by atoms with Crippen LogP contribution in [0.1, 0.15) is 25.7 Å². The van der Waals surface area contributed by atoms with Gasteiger partial charge in [0.25, 0.3) is 0 Å². The van der Waals surface area contributed by atoms with Crippen LogP contribution in [0.3, 0.4) is 0 Å². The molecule has 1 aliphatic carbocycles. The van der Waals surface area contributed by atoms with E-state index < -0.39 is 0 Å². The summed E-state index contributed by atoms with van der Waals surface area (Å²) in [4.78, 5) is 8.99. The number of anilines is 2. The highest BCUT2D eigenvalue weighted by atomic mass is 16.3. The van der Waals surface area contributed by atoms with Crippen molar-refractivity contribution in [3.8, 4) is 0 Å². The van der Waals surface area contributed by atoms with Gasteiger partial charge in [0.15, 0.2) is 0 Å². The Labute approximate surface area is 118 Å². The highest BCUT2D eigenvalue weighted by molar-refractivity contribution is 5.90. The lowest BCUT2D eigenvalue weighted by Crippen LogP contribution is -2.28. The van der Waals surface area contributed by atoms with Crippen molar-refractivity contribution in [2.45, 2.75) is 37.8 Å². The Morgan fingerprint density at radius 2 is 1.85 bits per heavy atom. The molecule has 0 atom stereocenters. The van der Waals surface area contributed by atoms with Crippen LogP contribution in [-0.2, 0) is 0 Å². The quantitative estimate of drug-likeness (QED) is 0.800. The molecule has 1 heterocycles. The van der Waals surface area contributed by atoms with Crippen LogP contribution >= 0.6 is 0 Å². The molecule has 0 unspecified atom stereocenters. The van der Waals surface area contributed by atoms with Crippen molar-refractivity contribution in [1.82, 2.24) is 9.97 Å². The summed E-state index contributed by atoms with van der Waals surface area (Å²) in [7, 11) is 1.82. The van der Waals surface area contributed by atoms with Gasteiger partial charge in [-0.2, -0.15) is 4.98 Å². The van der Waals surface area contributed by atoms with E-state index in [1.54, 1.807) is 0 Å². The van der Waals surface area contributed by atoms with Gasteiger partial charge in [0, 0.05) is 18.5 Å². The van der Waals surface area contributed by atoms with E-state index in [9.17, 15) is 5.11 Å². The molecule has 3 rings (SSSR count). The van der Waals surface area contributed by atoms with E-state index in [4.69, 9.17) is 0 Å². The SMILES string of the molecule is CNc1nc(NC2CCC(O)CC2)c2ccccc2n1. The van der Waals surface area contributed by atoms with Crippen LogP contribution in [0, 0.1) is 0 Å². The highest BCUT2D eigenvalue weighted by Crippen LogP contribution is 2.26. The van der Waals surface area contributed by atoms with Crippen LogP contribution in [-0.4, -0.2) is 34.3 Å². The predicted molar refractivity (Wildman–Crippen MR) is 81.0 cm³/mol. The summed E-state index contributed by atoms with van der Waals surface area (Å²) in [5, 5.41) is 17.1. The third-order valence-electron chi connectivity index (χ3n) is 3.86. The molecule has 1 aliphatic rings. The molecule has 5 nitrogen and oxygen atoms in total. The number of para-hydroxylation sites is 1. The molecule has 1 aromatic carbocycles. The summed E-state index contributed by atoms with van der Waals surface area (Å²) >= 11 is 0.